The van der Waals surface area contributed by atoms with Crippen LogP contribution in [0.25, 0.3) is 0 Å². The fraction of sp³-hybridized carbons (Fsp3) is 0.529. The predicted molar refractivity (Wildman–Crippen MR) is 87.5 cm³/mol. The first-order chi connectivity index (χ1) is 11.4. The summed E-state index contributed by atoms with van der Waals surface area (Å²) in [6.45, 7) is 3.60. The Labute approximate surface area is 140 Å². The van der Waals surface area contributed by atoms with Crippen LogP contribution in [0.4, 0.5) is 5.69 Å². The van der Waals surface area contributed by atoms with Crippen molar-refractivity contribution in [1.29, 1.82) is 0 Å². The first-order valence-corrected chi connectivity index (χ1v) is 8.14. The van der Waals surface area contributed by atoms with Crippen molar-refractivity contribution < 1.29 is 19.2 Å². The van der Waals surface area contributed by atoms with E-state index in [1.54, 1.807) is 0 Å². The number of nitro benzene ring substituents is 1. The van der Waals surface area contributed by atoms with Crippen molar-refractivity contribution in [3.05, 3.63) is 39.9 Å². The van der Waals surface area contributed by atoms with Gasteiger partial charge in [-0.05, 0) is 31.7 Å². The van der Waals surface area contributed by atoms with Gasteiger partial charge in [0, 0.05) is 18.2 Å². The van der Waals surface area contributed by atoms with Crippen LogP contribution in [0.1, 0.15) is 49.9 Å². The molecule has 24 heavy (non-hydrogen) atoms. The van der Waals surface area contributed by atoms with Crippen LogP contribution in [-0.2, 0) is 9.53 Å². The summed E-state index contributed by atoms with van der Waals surface area (Å²) in [5, 5.41) is 13.7. The summed E-state index contributed by atoms with van der Waals surface area (Å²) in [7, 11) is 0. The fourth-order valence-electron chi connectivity index (χ4n) is 2.86. The predicted octanol–water partition coefficient (Wildman–Crippen LogP) is 2.84. The Morgan fingerprint density at radius 2 is 2.04 bits per heavy atom. The Hall–Kier alpha value is -2.44. The minimum atomic E-state index is -0.953. The number of nitrogens with one attached hydrogen (secondary N) is 1. The van der Waals surface area contributed by atoms with E-state index in [2.05, 4.69) is 12.2 Å². The highest BCUT2D eigenvalue weighted by molar-refractivity contribution is 5.92. The smallest absolute Gasteiger partial charge is 0.339 e. The van der Waals surface area contributed by atoms with Gasteiger partial charge in [-0.15, -0.1) is 0 Å². The van der Waals surface area contributed by atoms with Gasteiger partial charge < -0.3 is 10.1 Å². The zero-order chi connectivity index (χ0) is 17.7. The maximum atomic E-state index is 12.2. The van der Waals surface area contributed by atoms with Crippen molar-refractivity contribution in [2.45, 2.75) is 51.7 Å². The van der Waals surface area contributed by atoms with Gasteiger partial charge in [0.1, 0.15) is 0 Å². The number of hydrogen-bond acceptors (Lipinski definition) is 5. The molecule has 1 aromatic rings. The monoisotopic (exact) mass is 334 g/mol. The van der Waals surface area contributed by atoms with E-state index in [0.29, 0.717) is 5.92 Å². The quantitative estimate of drug-likeness (QED) is 0.507. The first kappa shape index (κ1) is 17.9. The fourth-order valence-corrected chi connectivity index (χ4v) is 2.86. The lowest BCUT2D eigenvalue weighted by atomic mass is 9.86. The zero-order valence-electron chi connectivity index (χ0n) is 13.9. The molecule has 0 saturated heterocycles. The Bertz CT molecular complexity index is 631. The number of carbonyl (C=O) groups excluding carboxylic acids is 2. The number of benzene rings is 1. The summed E-state index contributed by atoms with van der Waals surface area (Å²) in [6.07, 6.45) is 3.30. The molecular weight excluding hydrogens is 312 g/mol. The highest BCUT2D eigenvalue weighted by Gasteiger charge is 2.26. The summed E-state index contributed by atoms with van der Waals surface area (Å²) >= 11 is 0. The molecule has 1 fully saturated rings. The molecule has 1 aliphatic carbocycles. The van der Waals surface area contributed by atoms with Crippen molar-refractivity contribution in [1.82, 2.24) is 5.32 Å². The van der Waals surface area contributed by atoms with Crippen LogP contribution in [0.5, 0.6) is 0 Å². The Morgan fingerprint density at radius 3 is 2.71 bits per heavy atom. The van der Waals surface area contributed by atoms with E-state index in [4.69, 9.17) is 4.74 Å². The van der Waals surface area contributed by atoms with E-state index in [9.17, 15) is 19.7 Å². The molecule has 0 bridgehead atoms. The largest absolute Gasteiger partial charge is 0.449 e. The van der Waals surface area contributed by atoms with Gasteiger partial charge in [-0.25, -0.2) is 4.79 Å². The van der Waals surface area contributed by atoms with Crippen LogP contribution < -0.4 is 5.32 Å². The van der Waals surface area contributed by atoms with Crippen LogP contribution in [0, 0.1) is 16.0 Å². The SMILES string of the molecule is C[C@@H]1CCCC[C@@H]1NC(=O)[C@@H](C)OC(=O)c1cccc([N+](=O)[O-])c1. The van der Waals surface area contributed by atoms with E-state index in [-0.39, 0.29) is 23.2 Å². The minimum absolute atomic E-state index is 0.0508. The summed E-state index contributed by atoms with van der Waals surface area (Å²) < 4.78 is 5.14. The number of ether oxygens (including phenoxy) is 1. The highest BCUT2D eigenvalue weighted by atomic mass is 16.6. The van der Waals surface area contributed by atoms with E-state index >= 15 is 0 Å². The lowest BCUT2D eigenvalue weighted by Crippen LogP contribution is -2.45. The van der Waals surface area contributed by atoms with Crippen molar-refractivity contribution in [3.63, 3.8) is 0 Å². The minimum Gasteiger partial charge on any atom is -0.449 e. The summed E-state index contributed by atoms with van der Waals surface area (Å²) in [5.41, 5.74) is -0.146. The highest BCUT2D eigenvalue weighted by Crippen LogP contribution is 2.24. The lowest BCUT2D eigenvalue weighted by Gasteiger charge is -2.30. The molecule has 1 N–H and O–H groups in total. The van der Waals surface area contributed by atoms with Crippen molar-refractivity contribution in [2.24, 2.45) is 5.92 Å². The van der Waals surface area contributed by atoms with Gasteiger partial charge in [-0.3, -0.25) is 14.9 Å². The summed E-state index contributed by atoms with van der Waals surface area (Å²) in [6, 6.07) is 5.35. The maximum Gasteiger partial charge on any atom is 0.339 e. The number of nitrogens with zero attached hydrogens (tertiary/aromatic N) is 1. The third-order valence-corrected chi connectivity index (χ3v) is 4.38. The van der Waals surface area contributed by atoms with E-state index in [0.717, 1.165) is 25.3 Å². The van der Waals surface area contributed by atoms with Crippen LogP contribution in [0.15, 0.2) is 24.3 Å². The van der Waals surface area contributed by atoms with Gasteiger partial charge in [0.15, 0.2) is 6.10 Å². The first-order valence-electron chi connectivity index (χ1n) is 8.14. The van der Waals surface area contributed by atoms with Crippen LogP contribution >= 0.6 is 0 Å². The van der Waals surface area contributed by atoms with Crippen LogP contribution in [0.2, 0.25) is 0 Å². The number of nitro groups is 1. The average Bonchev–Trinajstić information content (AvgIpc) is 2.56. The standard InChI is InChI=1S/C17H22N2O5/c1-11-6-3-4-9-15(11)18-16(20)12(2)24-17(21)13-7-5-8-14(10-13)19(22)23/h5,7-8,10-12,15H,3-4,6,9H2,1-2H3,(H,18,20)/t11-,12-,15+/m1/s1. The third kappa shape index (κ3) is 4.53. The number of non-ortho nitro benzene ring substituents is 1. The second-order valence-electron chi connectivity index (χ2n) is 6.23. The molecule has 1 amide bonds. The van der Waals surface area contributed by atoms with Gasteiger partial charge in [-0.1, -0.05) is 25.8 Å². The second kappa shape index (κ2) is 7.90. The van der Waals surface area contributed by atoms with Gasteiger partial charge in [0.2, 0.25) is 0 Å². The zero-order valence-corrected chi connectivity index (χ0v) is 13.9. The molecule has 1 aromatic carbocycles. The van der Waals surface area contributed by atoms with Crippen molar-refractivity contribution in [3.8, 4) is 0 Å². The van der Waals surface area contributed by atoms with E-state index < -0.39 is 17.0 Å². The molecule has 0 radical (unpaired) electrons. The molecule has 2 rings (SSSR count). The Morgan fingerprint density at radius 1 is 1.33 bits per heavy atom. The Kier molecular flexibility index (Phi) is 5.89. The molecular formula is C17H22N2O5. The van der Waals surface area contributed by atoms with Gasteiger partial charge in [0.25, 0.3) is 11.6 Å². The van der Waals surface area contributed by atoms with E-state index in [1.165, 1.54) is 31.5 Å². The number of carbonyl (C=O) groups is 2. The molecule has 1 saturated carbocycles. The summed E-state index contributed by atoms with van der Waals surface area (Å²) in [4.78, 5) is 34.4. The van der Waals surface area contributed by atoms with Crippen molar-refractivity contribution >= 4 is 17.6 Å². The number of rotatable bonds is 5. The molecule has 7 heteroatoms. The molecule has 0 unspecified atom stereocenters. The van der Waals surface area contributed by atoms with Gasteiger partial charge in [-0.2, -0.15) is 0 Å². The van der Waals surface area contributed by atoms with Crippen LogP contribution in [0.3, 0.4) is 0 Å². The van der Waals surface area contributed by atoms with Crippen molar-refractivity contribution in [2.75, 3.05) is 0 Å². The van der Waals surface area contributed by atoms with Gasteiger partial charge in [0.05, 0.1) is 10.5 Å². The third-order valence-electron chi connectivity index (χ3n) is 4.38. The molecule has 7 nitrogen and oxygen atoms in total. The second-order valence-corrected chi connectivity index (χ2v) is 6.23. The molecule has 3 atom stereocenters. The van der Waals surface area contributed by atoms with Crippen LogP contribution in [-0.4, -0.2) is 28.9 Å². The average molecular weight is 334 g/mol. The van der Waals surface area contributed by atoms with E-state index in [1.807, 2.05) is 0 Å². The molecule has 130 valence electrons. The lowest BCUT2D eigenvalue weighted by molar-refractivity contribution is -0.384. The van der Waals surface area contributed by atoms with Gasteiger partial charge >= 0.3 is 5.97 Å². The molecule has 0 aromatic heterocycles. The Balaban J connectivity index is 1.94. The normalized spacial score (nSPS) is 21.6. The number of esters is 1. The molecule has 1 aliphatic rings. The molecule has 0 heterocycles. The summed E-state index contributed by atoms with van der Waals surface area (Å²) in [5.74, 6) is -0.687. The maximum absolute atomic E-state index is 12.2. The number of amides is 1. The topological polar surface area (TPSA) is 98.5 Å². The molecule has 0 aliphatic heterocycles. The molecule has 0 spiro atoms. The number of hydrogen-bond donors (Lipinski definition) is 1.